The van der Waals surface area contributed by atoms with E-state index in [4.69, 9.17) is 4.74 Å². The van der Waals surface area contributed by atoms with E-state index in [0.29, 0.717) is 19.3 Å². The van der Waals surface area contributed by atoms with Crippen LogP contribution in [0.4, 0.5) is 0 Å². The molecule has 1 aliphatic rings. The number of cyclic esters (lactones) is 1. The van der Waals surface area contributed by atoms with E-state index in [1.165, 1.54) is 0 Å². The topological polar surface area (TPSA) is 46.5 Å². The van der Waals surface area contributed by atoms with E-state index >= 15 is 0 Å². The van der Waals surface area contributed by atoms with Gasteiger partial charge in [-0.1, -0.05) is 5.57 Å². The first-order valence-electron chi connectivity index (χ1n) is 4.61. The zero-order valence-electron chi connectivity index (χ0n) is 7.95. The highest BCUT2D eigenvalue weighted by atomic mass is 16.6. The second kappa shape index (κ2) is 4.42. The average molecular weight is 184 g/mol. The molecule has 13 heavy (non-hydrogen) atoms. The Hall–Kier alpha value is -0.830. The normalized spacial score (nSPS) is 24.2. The molecule has 0 aromatic carbocycles. The van der Waals surface area contributed by atoms with Crippen LogP contribution >= 0.6 is 0 Å². The van der Waals surface area contributed by atoms with E-state index < -0.39 is 6.10 Å². The van der Waals surface area contributed by atoms with Crippen LogP contribution in [0.2, 0.25) is 0 Å². The minimum absolute atomic E-state index is 0.195. The largest absolute Gasteiger partial charge is 0.460 e. The molecule has 3 nitrogen and oxygen atoms in total. The highest BCUT2D eigenvalue weighted by Gasteiger charge is 2.29. The number of allylic oxidation sites excluding steroid dienone is 1. The van der Waals surface area contributed by atoms with Gasteiger partial charge in [0.1, 0.15) is 6.10 Å². The van der Waals surface area contributed by atoms with Crippen LogP contribution in [0.5, 0.6) is 0 Å². The standard InChI is InChI=1S/C10H16O3/c1-7(2)3-4-8(11)9-5-6-10(12)13-9/h8-9,11H,1,3-6H2,2H3/t8-,9-/m1/s1. The van der Waals surface area contributed by atoms with Gasteiger partial charge in [-0.25, -0.2) is 0 Å². The van der Waals surface area contributed by atoms with Crippen LogP contribution in [-0.2, 0) is 9.53 Å². The summed E-state index contributed by atoms with van der Waals surface area (Å²) in [5.41, 5.74) is 1.04. The van der Waals surface area contributed by atoms with Gasteiger partial charge in [0.25, 0.3) is 0 Å². The summed E-state index contributed by atoms with van der Waals surface area (Å²) < 4.78 is 4.94. The van der Waals surface area contributed by atoms with E-state index in [9.17, 15) is 9.90 Å². The van der Waals surface area contributed by atoms with E-state index in [0.717, 1.165) is 12.0 Å². The molecule has 1 N–H and O–H groups in total. The monoisotopic (exact) mass is 184 g/mol. The molecule has 1 aliphatic heterocycles. The van der Waals surface area contributed by atoms with Gasteiger partial charge in [0.05, 0.1) is 6.10 Å². The molecule has 1 heterocycles. The molecule has 1 fully saturated rings. The van der Waals surface area contributed by atoms with Crippen LogP contribution in [-0.4, -0.2) is 23.3 Å². The Morgan fingerprint density at radius 1 is 1.85 bits per heavy atom. The van der Waals surface area contributed by atoms with Crippen molar-refractivity contribution in [2.24, 2.45) is 0 Å². The molecule has 1 rings (SSSR count). The summed E-state index contributed by atoms with van der Waals surface area (Å²) in [6.07, 6.45) is 1.70. The highest BCUT2D eigenvalue weighted by molar-refractivity contribution is 5.71. The summed E-state index contributed by atoms with van der Waals surface area (Å²) in [5.74, 6) is -0.195. The quantitative estimate of drug-likeness (QED) is 0.530. The van der Waals surface area contributed by atoms with Crippen molar-refractivity contribution in [3.8, 4) is 0 Å². The van der Waals surface area contributed by atoms with Crippen molar-refractivity contribution < 1.29 is 14.6 Å². The number of rotatable bonds is 4. The predicted octanol–water partition coefficient (Wildman–Crippen LogP) is 1.41. The fourth-order valence-corrected chi connectivity index (χ4v) is 1.40. The summed E-state index contributed by atoms with van der Waals surface area (Å²) >= 11 is 0. The Kier molecular flexibility index (Phi) is 3.48. The van der Waals surface area contributed by atoms with Crippen molar-refractivity contribution >= 4 is 5.97 Å². The SMILES string of the molecule is C=C(C)CC[C@@H](O)[C@H]1CCC(=O)O1. The molecule has 0 amide bonds. The van der Waals surface area contributed by atoms with E-state index in [2.05, 4.69) is 6.58 Å². The molecular formula is C10H16O3. The third-order valence-electron chi connectivity index (χ3n) is 2.21. The van der Waals surface area contributed by atoms with Crippen LogP contribution in [0.15, 0.2) is 12.2 Å². The lowest BCUT2D eigenvalue weighted by molar-refractivity contribution is -0.145. The zero-order valence-corrected chi connectivity index (χ0v) is 7.95. The lowest BCUT2D eigenvalue weighted by Gasteiger charge is -2.16. The Labute approximate surface area is 78.4 Å². The van der Waals surface area contributed by atoms with Gasteiger partial charge in [0, 0.05) is 6.42 Å². The Bertz CT molecular complexity index is 210. The van der Waals surface area contributed by atoms with Crippen LogP contribution in [0.3, 0.4) is 0 Å². The summed E-state index contributed by atoms with van der Waals surface area (Å²) in [5, 5.41) is 9.60. The molecule has 74 valence electrons. The number of carbonyl (C=O) groups is 1. The second-order valence-corrected chi connectivity index (χ2v) is 3.63. The molecule has 0 aliphatic carbocycles. The van der Waals surface area contributed by atoms with Gasteiger partial charge in [-0.15, -0.1) is 6.58 Å². The lowest BCUT2D eigenvalue weighted by Crippen LogP contribution is -2.25. The Morgan fingerprint density at radius 3 is 3.00 bits per heavy atom. The first-order valence-corrected chi connectivity index (χ1v) is 4.61. The van der Waals surface area contributed by atoms with Gasteiger partial charge in [-0.2, -0.15) is 0 Å². The third-order valence-corrected chi connectivity index (χ3v) is 2.21. The molecule has 0 bridgehead atoms. The molecular weight excluding hydrogens is 168 g/mol. The van der Waals surface area contributed by atoms with Gasteiger partial charge in [-0.3, -0.25) is 4.79 Å². The maximum absolute atomic E-state index is 10.7. The van der Waals surface area contributed by atoms with Gasteiger partial charge >= 0.3 is 5.97 Å². The minimum Gasteiger partial charge on any atom is -0.460 e. The molecule has 0 spiro atoms. The molecule has 2 atom stereocenters. The van der Waals surface area contributed by atoms with Crippen molar-refractivity contribution in [2.75, 3.05) is 0 Å². The molecule has 0 aromatic heterocycles. The van der Waals surface area contributed by atoms with Crippen molar-refractivity contribution in [1.82, 2.24) is 0 Å². The third kappa shape index (κ3) is 3.19. The maximum atomic E-state index is 10.7. The summed E-state index contributed by atoms with van der Waals surface area (Å²) in [7, 11) is 0. The van der Waals surface area contributed by atoms with Crippen LogP contribution < -0.4 is 0 Å². The van der Waals surface area contributed by atoms with Crippen LogP contribution in [0, 0.1) is 0 Å². The fourth-order valence-electron chi connectivity index (χ4n) is 1.40. The van der Waals surface area contributed by atoms with Gasteiger partial charge < -0.3 is 9.84 Å². The van der Waals surface area contributed by atoms with Crippen LogP contribution in [0.25, 0.3) is 0 Å². The number of aliphatic hydroxyl groups excluding tert-OH is 1. The zero-order chi connectivity index (χ0) is 9.84. The summed E-state index contributed by atoms with van der Waals surface area (Å²) in [6, 6.07) is 0. The second-order valence-electron chi connectivity index (χ2n) is 3.63. The number of ether oxygens (including phenoxy) is 1. The van der Waals surface area contributed by atoms with E-state index in [1.807, 2.05) is 6.92 Å². The molecule has 0 unspecified atom stereocenters. The Morgan fingerprint density at radius 2 is 2.54 bits per heavy atom. The number of carbonyl (C=O) groups excluding carboxylic acids is 1. The van der Waals surface area contributed by atoms with Crippen molar-refractivity contribution in [1.29, 1.82) is 0 Å². The smallest absolute Gasteiger partial charge is 0.306 e. The van der Waals surface area contributed by atoms with Crippen molar-refractivity contribution in [3.05, 3.63) is 12.2 Å². The first kappa shape index (κ1) is 10.3. The lowest BCUT2D eigenvalue weighted by atomic mass is 10.0. The van der Waals surface area contributed by atoms with Gasteiger partial charge in [0.15, 0.2) is 0 Å². The van der Waals surface area contributed by atoms with Crippen LogP contribution in [0.1, 0.15) is 32.6 Å². The predicted molar refractivity (Wildman–Crippen MR) is 49.2 cm³/mol. The molecule has 1 saturated heterocycles. The number of hydrogen-bond donors (Lipinski definition) is 1. The van der Waals surface area contributed by atoms with Gasteiger partial charge in [0.2, 0.25) is 0 Å². The maximum Gasteiger partial charge on any atom is 0.306 e. The molecule has 0 radical (unpaired) electrons. The fraction of sp³-hybridized carbons (Fsp3) is 0.700. The molecule has 0 aromatic rings. The number of hydrogen-bond acceptors (Lipinski definition) is 3. The average Bonchev–Trinajstić information content (AvgIpc) is 2.47. The Balaban J connectivity index is 2.27. The van der Waals surface area contributed by atoms with Crippen molar-refractivity contribution in [2.45, 2.75) is 44.8 Å². The molecule has 3 heteroatoms. The highest BCUT2D eigenvalue weighted by Crippen LogP contribution is 2.20. The van der Waals surface area contributed by atoms with Gasteiger partial charge in [-0.05, 0) is 26.2 Å². The number of aliphatic hydroxyl groups is 1. The van der Waals surface area contributed by atoms with E-state index in [-0.39, 0.29) is 12.1 Å². The van der Waals surface area contributed by atoms with E-state index in [1.54, 1.807) is 0 Å². The molecule has 0 saturated carbocycles. The summed E-state index contributed by atoms with van der Waals surface area (Å²) in [6.45, 7) is 5.67. The number of esters is 1. The summed E-state index contributed by atoms with van der Waals surface area (Å²) in [4.78, 5) is 10.7. The minimum atomic E-state index is -0.525. The van der Waals surface area contributed by atoms with Crippen molar-refractivity contribution in [3.63, 3.8) is 0 Å². The first-order chi connectivity index (χ1) is 6.09.